The first-order valence-electron chi connectivity index (χ1n) is 7.61. The van der Waals surface area contributed by atoms with Gasteiger partial charge in [0.05, 0.1) is 0 Å². The molecule has 4 unspecified atom stereocenters. The van der Waals surface area contributed by atoms with E-state index < -0.39 is 0 Å². The van der Waals surface area contributed by atoms with Crippen molar-refractivity contribution in [2.75, 3.05) is 0 Å². The van der Waals surface area contributed by atoms with Crippen molar-refractivity contribution >= 4 is 21.8 Å². The second-order valence-electron chi connectivity index (χ2n) is 6.56. The van der Waals surface area contributed by atoms with Crippen LogP contribution in [0.2, 0.25) is 0 Å². The lowest BCUT2D eigenvalue weighted by molar-refractivity contribution is 0.0914. The van der Waals surface area contributed by atoms with Crippen molar-refractivity contribution < 1.29 is 4.79 Å². The fourth-order valence-electron chi connectivity index (χ4n) is 4.14. The van der Waals surface area contributed by atoms with E-state index in [0.29, 0.717) is 5.92 Å². The van der Waals surface area contributed by atoms with Gasteiger partial charge in [-0.2, -0.15) is 0 Å². The molecule has 2 nitrogen and oxygen atoms in total. The van der Waals surface area contributed by atoms with E-state index in [9.17, 15) is 4.79 Å². The average Bonchev–Trinajstić information content (AvgIpc) is 3.03. The fourth-order valence-corrected chi connectivity index (χ4v) is 4.50. The predicted octanol–water partition coefficient (Wildman–Crippen LogP) is 4.31. The number of halogens is 1. The summed E-state index contributed by atoms with van der Waals surface area (Å²) in [6.07, 6.45) is 5.47. The highest BCUT2D eigenvalue weighted by Gasteiger charge is 2.42. The van der Waals surface area contributed by atoms with Gasteiger partial charge >= 0.3 is 0 Å². The zero-order valence-electron chi connectivity index (χ0n) is 12.2. The molecule has 0 heterocycles. The Hall–Kier alpha value is -0.830. The Morgan fingerprint density at radius 3 is 2.80 bits per heavy atom. The van der Waals surface area contributed by atoms with Crippen LogP contribution in [-0.4, -0.2) is 11.9 Å². The average molecular weight is 336 g/mol. The molecule has 2 aliphatic rings. The molecule has 4 atom stereocenters. The van der Waals surface area contributed by atoms with Crippen LogP contribution in [0, 0.1) is 24.7 Å². The van der Waals surface area contributed by atoms with Crippen LogP contribution in [0.15, 0.2) is 22.7 Å². The van der Waals surface area contributed by atoms with Gasteiger partial charge in [0.2, 0.25) is 0 Å². The first kappa shape index (κ1) is 14.1. The summed E-state index contributed by atoms with van der Waals surface area (Å²) in [5, 5.41) is 3.23. The maximum absolute atomic E-state index is 12.5. The minimum atomic E-state index is 0.0686. The van der Waals surface area contributed by atoms with E-state index >= 15 is 0 Å². The summed E-state index contributed by atoms with van der Waals surface area (Å²) in [7, 11) is 0. The number of aryl methyl sites for hydroxylation is 1. The lowest BCUT2D eigenvalue weighted by Crippen LogP contribution is -2.40. The molecule has 0 aromatic heterocycles. The summed E-state index contributed by atoms with van der Waals surface area (Å²) in [5.74, 6) is 2.53. The second-order valence-corrected chi connectivity index (χ2v) is 7.48. The third-order valence-electron chi connectivity index (χ3n) is 5.24. The van der Waals surface area contributed by atoms with Gasteiger partial charge in [-0.1, -0.05) is 28.4 Å². The fraction of sp³-hybridized carbons (Fsp3) is 0.588. The zero-order chi connectivity index (χ0) is 14.3. The van der Waals surface area contributed by atoms with Gasteiger partial charge in [-0.15, -0.1) is 0 Å². The summed E-state index contributed by atoms with van der Waals surface area (Å²) >= 11 is 3.44. The SMILES string of the molecule is Cc1ccc(Br)cc1C(=O)NC(C)C1CC2CCC1C2. The highest BCUT2D eigenvalue weighted by molar-refractivity contribution is 9.10. The Bertz CT molecular complexity index is 528. The molecule has 1 aromatic rings. The largest absolute Gasteiger partial charge is 0.349 e. The van der Waals surface area contributed by atoms with Crippen LogP contribution in [0.25, 0.3) is 0 Å². The highest BCUT2D eigenvalue weighted by Crippen LogP contribution is 2.49. The van der Waals surface area contributed by atoms with Crippen LogP contribution in [0.1, 0.15) is 48.5 Å². The van der Waals surface area contributed by atoms with E-state index in [2.05, 4.69) is 28.2 Å². The number of hydrogen-bond acceptors (Lipinski definition) is 1. The Labute approximate surface area is 129 Å². The first-order valence-corrected chi connectivity index (χ1v) is 8.41. The molecule has 2 saturated carbocycles. The molecule has 0 spiro atoms. The van der Waals surface area contributed by atoms with Gasteiger partial charge in [-0.05, 0) is 68.6 Å². The molecule has 0 saturated heterocycles. The Morgan fingerprint density at radius 1 is 1.35 bits per heavy atom. The third-order valence-corrected chi connectivity index (χ3v) is 5.73. The van der Waals surface area contributed by atoms with E-state index in [1.165, 1.54) is 25.7 Å². The van der Waals surface area contributed by atoms with Crippen molar-refractivity contribution in [3.8, 4) is 0 Å². The molecular weight excluding hydrogens is 314 g/mol. The van der Waals surface area contributed by atoms with Gasteiger partial charge in [0.25, 0.3) is 5.91 Å². The van der Waals surface area contributed by atoms with Crippen LogP contribution in [0.5, 0.6) is 0 Å². The predicted molar refractivity (Wildman–Crippen MR) is 84.7 cm³/mol. The van der Waals surface area contributed by atoms with Crippen molar-refractivity contribution in [1.29, 1.82) is 0 Å². The molecule has 1 amide bonds. The second kappa shape index (κ2) is 5.51. The van der Waals surface area contributed by atoms with E-state index in [1.807, 2.05) is 25.1 Å². The lowest BCUT2D eigenvalue weighted by atomic mass is 9.84. The van der Waals surface area contributed by atoms with Gasteiger partial charge in [0.1, 0.15) is 0 Å². The zero-order valence-corrected chi connectivity index (χ0v) is 13.7. The standard InChI is InChI=1S/C17H22BrNO/c1-10-3-6-14(18)9-15(10)17(20)19-11(2)16-8-12-4-5-13(16)7-12/h3,6,9,11-13,16H,4-5,7-8H2,1-2H3,(H,19,20). The van der Waals surface area contributed by atoms with Crippen LogP contribution >= 0.6 is 15.9 Å². The van der Waals surface area contributed by atoms with Crippen LogP contribution < -0.4 is 5.32 Å². The summed E-state index contributed by atoms with van der Waals surface area (Å²) in [4.78, 5) is 12.5. The number of carbonyl (C=O) groups is 1. The first-order chi connectivity index (χ1) is 9.54. The summed E-state index contributed by atoms with van der Waals surface area (Å²) in [6, 6.07) is 6.17. The molecular formula is C17H22BrNO. The van der Waals surface area contributed by atoms with Crippen LogP contribution in [0.4, 0.5) is 0 Å². The van der Waals surface area contributed by atoms with Crippen molar-refractivity contribution in [2.45, 2.75) is 45.6 Å². The summed E-state index contributed by atoms with van der Waals surface area (Å²) in [5.41, 5.74) is 1.82. The van der Waals surface area contributed by atoms with E-state index in [4.69, 9.17) is 0 Å². The number of benzene rings is 1. The summed E-state index contributed by atoms with van der Waals surface area (Å²) < 4.78 is 0.959. The topological polar surface area (TPSA) is 29.1 Å². The Morgan fingerprint density at radius 2 is 2.15 bits per heavy atom. The maximum Gasteiger partial charge on any atom is 0.251 e. The number of amides is 1. The van der Waals surface area contributed by atoms with Crippen molar-refractivity contribution in [2.24, 2.45) is 17.8 Å². The minimum absolute atomic E-state index is 0.0686. The molecule has 1 aromatic carbocycles. The molecule has 20 heavy (non-hydrogen) atoms. The number of nitrogens with one attached hydrogen (secondary N) is 1. The van der Waals surface area contributed by atoms with Crippen molar-refractivity contribution in [3.05, 3.63) is 33.8 Å². The van der Waals surface area contributed by atoms with Gasteiger partial charge in [0.15, 0.2) is 0 Å². The lowest BCUT2D eigenvalue weighted by Gasteiger charge is -2.28. The van der Waals surface area contributed by atoms with E-state index in [-0.39, 0.29) is 11.9 Å². The molecule has 2 aliphatic carbocycles. The normalized spacial score (nSPS) is 29.4. The van der Waals surface area contributed by atoms with E-state index in [1.54, 1.807) is 0 Å². The Kier molecular flexibility index (Phi) is 3.89. The van der Waals surface area contributed by atoms with Gasteiger partial charge < -0.3 is 5.32 Å². The van der Waals surface area contributed by atoms with Crippen molar-refractivity contribution in [3.63, 3.8) is 0 Å². The third kappa shape index (κ3) is 2.65. The molecule has 1 N–H and O–H groups in total. The number of fused-ring (bicyclic) bond motifs is 2. The highest BCUT2D eigenvalue weighted by atomic mass is 79.9. The van der Waals surface area contributed by atoms with Crippen LogP contribution in [-0.2, 0) is 0 Å². The molecule has 0 aliphatic heterocycles. The molecule has 3 rings (SSSR count). The quantitative estimate of drug-likeness (QED) is 0.875. The molecule has 3 heteroatoms. The van der Waals surface area contributed by atoms with Crippen LogP contribution in [0.3, 0.4) is 0 Å². The monoisotopic (exact) mass is 335 g/mol. The Balaban J connectivity index is 1.68. The maximum atomic E-state index is 12.5. The molecule has 108 valence electrons. The number of hydrogen-bond donors (Lipinski definition) is 1. The number of carbonyl (C=O) groups excluding carboxylic acids is 1. The van der Waals surface area contributed by atoms with Gasteiger partial charge in [0, 0.05) is 16.1 Å². The van der Waals surface area contributed by atoms with Gasteiger partial charge in [-0.25, -0.2) is 0 Å². The molecule has 2 fully saturated rings. The smallest absolute Gasteiger partial charge is 0.251 e. The summed E-state index contributed by atoms with van der Waals surface area (Å²) in [6.45, 7) is 4.17. The minimum Gasteiger partial charge on any atom is -0.349 e. The van der Waals surface area contributed by atoms with E-state index in [0.717, 1.165) is 27.4 Å². The molecule has 0 radical (unpaired) electrons. The molecule has 2 bridgehead atoms. The van der Waals surface area contributed by atoms with Crippen molar-refractivity contribution in [1.82, 2.24) is 5.32 Å². The van der Waals surface area contributed by atoms with Gasteiger partial charge in [-0.3, -0.25) is 4.79 Å². The number of rotatable bonds is 3.